The largest absolute Gasteiger partial charge is 0.484 e. The molecule has 0 fully saturated rings. The number of anilines is 2. The van der Waals surface area contributed by atoms with Crippen LogP contribution < -0.4 is 20.7 Å². The molecule has 0 spiro atoms. The average molecular weight is 497 g/mol. The lowest BCUT2D eigenvalue weighted by Gasteiger charge is -2.12. The lowest BCUT2D eigenvalue weighted by molar-refractivity contribution is -0.153. The van der Waals surface area contributed by atoms with Gasteiger partial charge in [-0.05, 0) is 37.6 Å². The second-order valence-electron chi connectivity index (χ2n) is 7.32. The summed E-state index contributed by atoms with van der Waals surface area (Å²) >= 11 is 1.20. The standard InChI is InChI=1S/C22H23F3N4O4S/c1-11-7-13(5-6-16(11)32-10-22(23,24)25)15-9-34-21(28-15)29-17(30)8-14-12(2)33-20(27-4)18(14)19(31)26-3/h5-7,9,27H,8,10H2,1-4H3,(H,26,31)(H,28,29,30). The Morgan fingerprint density at radius 2 is 1.94 bits per heavy atom. The molecule has 3 rings (SSSR count). The van der Waals surface area contributed by atoms with Crippen molar-refractivity contribution in [3.63, 3.8) is 0 Å². The number of benzene rings is 1. The zero-order chi connectivity index (χ0) is 25.0. The van der Waals surface area contributed by atoms with Crippen molar-refractivity contribution in [2.24, 2.45) is 0 Å². The van der Waals surface area contributed by atoms with E-state index in [1.54, 1.807) is 38.4 Å². The highest BCUT2D eigenvalue weighted by molar-refractivity contribution is 7.14. The topological polar surface area (TPSA) is 105 Å². The number of furan rings is 1. The van der Waals surface area contributed by atoms with Crippen LogP contribution in [-0.4, -0.2) is 43.7 Å². The number of nitrogens with zero attached hydrogens (tertiary/aromatic N) is 1. The summed E-state index contributed by atoms with van der Waals surface area (Å²) in [5.74, 6) is 0.0897. The Balaban J connectivity index is 1.71. The van der Waals surface area contributed by atoms with E-state index in [1.807, 2.05) is 0 Å². The summed E-state index contributed by atoms with van der Waals surface area (Å²) in [4.78, 5) is 29.3. The molecule has 0 aliphatic heterocycles. The summed E-state index contributed by atoms with van der Waals surface area (Å²) in [6, 6.07) is 4.72. The summed E-state index contributed by atoms with van der Waals surface area (Å²) in [7, 11) is 3.10. The Kier molecular flexibility index (Phi) is 7.50. The molecule has 12 heteroatoms. The number of nitrogens with one attached hydrogen (secondary N) is 3. The lowest BCUT2D eigenvalue weighted by Crippen LogP contribution is -2.22. The van der Waals surface area contributed by atoms with Crippen molar-refractivity contribution in [2.75, 3.05) is 31.3 Å². The number of rotatable bonds is 8. The molecule has 1 aromatic carbocycles. The number of amides is 2. The first-order valence-corrected chi connectivity index (χ1v) is 11.0. The predicted molar refractivity (Wildman–Crippen MR) is 123 cm³/mol. The van der Waals surface area contributed by atoms with E-state index >= 15 is 0 Å². The smallest absolute Gasteiger partial charge is 0.422 e. The maximum Gasteiger partial charge on any atom is 0.422 e. The van der Waals surface area contributed by atoms with E-state index < -0.39 is 12.8 Å². The Bertz CT molecular complexity index is 1200. The molecule has 34 heavy (non-hydrogen) atoms. The van der Waals surface area contributed by atoms with Crippen LogP contribution in [0.2, 0.25) is 0 Å². The van der Waals surface area contributed by atoms with Crippen molar-refractivity contribution in [3.8, 4) is 17.0 Å². The van der Waals surface area contributed by atoms with E-state index in [2.05, 4.69) is 20.9 Å². The maximum atomic E-state index is 12.6. The van der Waals surface area contributed by atoms with Crippen LogP contribution >= 0.6 is 11.3 Å². The van der Waals surface area contributed by atoms with Gasteiger partial charge >= 0.3 is 6.18 Å². The number of aryl methyl sites for hydroxylation is 2. The number of hydrogen-bond acceptors (Lipinski definition) is 7. The quantitative estimate of drug-likeness (QED) is 0.423. The summed E-state index contributed by atoms with van der Waals surface area (Å²) in [6.45, 7) is 1.94. The first-order valence-electron chi connectivity index (χ1n) is 10.1. The highest BCUT2D eigenvalue weighted by Crippen LogP contribution is 2.31. The van der Waals surface area contributed by atoms with Crippen LogP contribution in [0, 0.1) is 13.8 Å². The Labute approximate surface area is 197 Å². The molecule has 0 atom stereocenters. The minimum absolute atomic E-state index is 0.0982. The maximum absolute atomic E-state index is 12.6. The van der Waals surface area contributed by atoms with Gasteiger partial charge in [-0.3, -0.25) is 9.59 Å². The zero-order valence-corrected chi connectivity index (χ0v) is 19.7. The molecule has 0 aliphatic carbocycles. The molecule has 0 bridgehead atoms. The molecule has 0 saturated carbocycles. The second-order valence-corrected chi connectivity index (χ2v) is 8.18. The third kappa shape index (κ3) is 5.87. The van der Waals surface area contributed by atoms with Crippen molar-refractivity contribution in [1.29, 1.82) is 0 Å². The SMILES string of the molecule is CNC(=O)c1c(NC)oc(C)c1CC(=O)Nc1nc(-c2ccc(OCC(F)(F)F)c(C)c2)cs1. The molecule has 0 saturated heterocycles. The van der Waals surface area contributed by atoms with Gasteiger partial charge in [0.1, 0.15) is 17.1 Å². The van der Waals surface area contributed by atoms with Gasteiger partial charge in [0.2, 0.25) is 11.8 Å². The van der Waals surface area contributed by atoms with Crippen molar-refractivity contribution in [3.05, 3.63) is 46.0 Å². The molecule has 3 N–H and O–H groups in total. The highest BCUT2D eigenvalue weighted by Gasteiger charge is 2.29. The molecular weight excluding hydrogens is 473 g/mol. The van der Waals surface area contributed by atoms with E-state index in [-0.39, 0.29) is 35.4 Å². The number of alkyl halides is 3. The van der Waals surface area contributed by atoms with E-state index in [4.69, 9.17) is 9.15 Å². The van der Waals surface area contributed by atoms with Gasteiger partial charge in [0, 0.05) is 30.6 Å². The van der Waals surface area contributed by atoms with Gasteiger partial charge < -0.3 is 25.1 Å². The van der Waals surface area contributed by atoms with Crippen LogP contribution in [-0.2, 0) is 11.2 Å². The molecular formula is C22H23F3N4O4S. The van der Waals surface area contributed by atoms with Crippen LogP contribution in [0.4, 0.5) is 24.2 Å². The van der Waals surface area contributed by atoms with Crippen molar-refractivity contribution in [2.45, 2.75) is 26.4 Å². The van der Waals surface area contributed by atoms with E-state index in [0.29, 0.717) is 33.3 Å². The van der Waals surface area contributed by atoms with Crippen LogP contribution in [0.1, 0.15) is 27.2 Å². The minimum Gasteiger partial charge on any atom is -0.484 e. The molecule has 2 heterocycles. The fourth-order valence-electron chi connectivity index (χ4n) is 3.25. The van der Waals surface area contributed by atoms with Gasteiger partial charge in [0.15, 0.2) is 11.7 Å². The van der Waals surface area contributed by atoms with Gasteiger partial charge in [-0.25, -0.2) is 4.98 Å². The van der Waals surface area contributed by atoms with Crippen LogP contribution in [0.5, 0.6) is 5.75 Å². The summed E-state index contributed by atoms with van der Waals surface area (Å²) < 4.78 is 47.5. The minimum atomic E-state index is -4.42. The van der Waals surface area contributed by atoms with E-state index in [1.165, 1.54) is 24.5 Å². The molecule has 0 unspecified atom stereocenters. The number of carbonyl (C=O) groups excluding carboxylic acids is 2. The van der Waals surface area contributed by atoms with Gasteiger partial charge in [0.25, 0.3) is 5.91 Å². The van der Waals surface area contributed by atoms with Crippen molar-refractivity contribution < 1.29 is 31.9 Å². The first-order chi connectivity index (χ1) is 16.0. The molecule has 2 amide bonds. The predicted octanol–water partition coefficient (Wildman–Crippen LogP) is 4.54. The van der Waals surface area contributed by atoms with Crippen LogP contribution in [0.15, 0.2) is 28.0 Å². The highest BCUT2D eigenvalue weighted by atomic mass is 32.1. The lowest BCUT2D eigenvalue weighted by atomic mass is 10.1. The number of halogens is 3. The van der Waals surface area contributed by atoms with E-state index in [0.717, 1.165) is 0 Å². The summed E-state index contributed by atoms with van der Waals surface area (Å²) in [6.07, 6.45) is -4.52. The molecule has 0 aliphatic rings. The van der Waals surface area contributed by atoms with Crippen LogP contribution in [0.3, 0.4) is 0 Å². The number of aromatic nitrogens is 1. The zero-order valence-electron chi connectivity index (χ0n) is 18.8. The molecule has 3 aromatic rings. The Morgan fingerprint density at radius 1 is 1.21 bits per heavy atom. The first kappa shape index (κ1) is 25.1. The summed E-state index contributed by atoms with van der Waals surface area (Å²) in [5, 5.41) is 10.1. The van der Waals surface area contributed by atoms with Gasteiger partial charge in [-0.1, -0.05) is 0 Å². The van der Waals surface area contributed by atoms with Gasteiger partial charge in [-0.15, -0.1) is 11.3 Å². The number of hydrogen-bond donors (Lipinski definition) is 3. The average Bonchev–Trinajstić information content (AvgIpc) is 3.36. The van der Waals surface area contributed by atoms with Crippen molar-refractivity contribution >= 4 is 34.2 Å². The third-order valence-electron chi connectivity index (χ3n) is 4.84. The van der Waals surface area contributed by atoms with E-state index in [9.17, 15) is 22.8 Å². The van der Waals surface area contributed by atoms with Gasteiger partial charge in [-0.2, -0.15) is 13.2 Å². The fraction of sp³-hybridized carbons (Fsp3) is 0.318. The fourth-order valence-corrected chi connectivity index (χ4v) is 3.99. The van der Waals surface area contributed by atoms with Crippen LogP contribution in [0.25, 0.3) is 11.3 Å². The Morgan fingerprint density at radius 3 is 2.56 bits per heavy atom. The monoisotopic (exact) mass is 496 g/mol. The second kappa shape index (κ2) is 10.2. The number of carbonyl (C=O) groups is 2. The third-order valence-corrected chi connectivity index (χ3v) is 5.60. The van der Waals surface area contributed by atoms with Gasteiger partial charge in [0.05, 0.1) is 12.1 Å². The molecule has 0 radical (unpaired) electrons. The molecule has 8 nitrogen and oxygen atoms in total. The number of thiazole rings is 1. The Hall–Kier alpha value is -3.54. The summed E-state index contributed by atoms with van der Waals surface area (Å²) in [5.41, 5.74) is 2.47. The normalized spacial score (nSPS) is 11.3. The number of ether oxygens (including phenoxy) is 1. The molecule has 2 aromatic heterocycles. The van der Waals surface area contributed by atoms with Crippen molar-refractivity contribution in [1.82, 2.24) is 10.3 Å². The molecule has 182 valence electrons.